The van der Waals surface area contributed by atoms with Gasteiger partial charge in [-0.05, 0) is 49.6 Å². The van der Waals surface area contributed by atoms with Crippen molar-refractivity contribution in [1.29, 1.82) is 0 Å². The molecule has 2 amide bonds. The summed E-state index contributed by atoms with van der Waals surface area (Å²) >= 11 is 0. The minimum Gasteiger partial charge on any atom is -0.508 e. The minimum atomic E-state index is -1.13. The van der Waals surface area contributed by atoms with Crippen LogP contribution in [-0.4, -0.2) is 67.2 Å². The van der Waals surface area contributed by atoms with E-state index < -0.39 is 30.4 Å². The first-order valence-electron chi connectivity index (χ1n) is 12.7. The molecule has 1 aliphatic rings. The van der Waals surface area contributed by atoms with Gasteiger partial charge < -0.3 is 20.1 Å². The fourth-order valence-electron chi connectivity index (χ4n) is 4.49. The van der Waals surface area contributed by atoms with Crippen LogP contribution in [0.4, 0.5) is 0 Å². The molecule has 0 aliphatic heterocycles. The van der Waals surface area contributed by atoms with Crippen LogP contribution in [0.2, 0.25) is 0 Å². The fourth-order valence-corrected chi connectivity index (χ4v) is 4.49. The van der Waals surface area contributed by atoms with Gasteiger partial charge >= 0.3 is 5.97 Å². The molecule has 38 heavy (non-hydrogen) atoms. The number of carbonyl (C=O) groups excluding carboxylic acids is 3. The minimum absolute atomic E-state index is 0.00397. The van der Waals surface area contributed by atoms with E-state index in [4.69, 9.17) is 4.74 Å². The van der Waals surface area contributed by atoms with E-state index in [1.165, 1.54) is 17.0 Å². The lowest BCUT2D eigenvalue weighted by molar-refractivity contribution is -0.153. The number of hydrogen-bond donors (Lipinski definition) is 2. The Balaban J connectivity index is 1.62. The summed E-state index contributed by atoms with van der Waals surface area (Å²) < 4.78 is 5.11. The number of esters is 1. The van der Waals surface area contributed by atoms with Crippen molar-refractivity contribution in [1.82, 2.24) is 30.4 Å². The first-order valence-corrected chi connectivity index (χ1v) is 12.7. The number of phenolic OH excluding ortho intramolecular Hbond substituents is 1. The maximum Gasteiger partial charge on any atom is 0.325 e. The zero-order valence-electron chi connectivity index (χ0n) is 21.5. The van der Waals surface area contributed by atoms with Crippen molar-refractivity contribution in [3.05, 3.63) is 59.7 Å². The molecule has 1 aliphatic carbocycles. The van der Waals surface area contributed by atoms with Crippen molar-refractivity contribution in [3.8, 4) is 17.1 Å². The normalized spacial score (nSPS) is 14.2. The second-order valence-electron chi connectivity index (χ2n) is 9.32. The molecule has 1 saturated carbocycles. The number of benzene rings is 2. The van der Waals surface area contributed by atoms with Gasteiger partial charge in [0, 0.05) is 11.6 Å². The second kappa shape index (κ2) is 12.3. The standard InChI is InChI=1S/C27H32N6O5/c1-3-38-24(36)17-32(23(35)16-33-30-26(29-31-33)20-10-8-18(2)9-11-20)25(19-12-14-22(34)15-13-19)27(37)28-21-6-4-5-7-21/h8-15,21,25,34H,3-7,16-17H2,1-2H3,(H,28,37)/t25-/m0/s1. The van der Waals surface area contributed by atoms with E-state index in [1.54, 1.807) is 19.1 Å². The first kappa shape index (κ1) is 26.8. The Labute approximate surface area is 220 Å². The Morgan fingerprint density at radius 2 is 1.79 bits per heavy atom. The highest BCUT2D eigenvalue weighted by molar-refractivity contribution is 5.91. The van der Waals surface area contributed by atoms with Gasteiger partial charge in [0.1, 0.15) is 24.9 Å². The number of tetrazole rings is 1. The Morgan fingerprint density at radius 3 is 2.45 bits per heavy atom. The van der Waals surface area contributed by atoms with Crippen LogP contribution >= 0.6 is 0 Å². The van der Waals surface area contributed by atoms with Crippen molar-refractivity contribution in [2.75, 3.05) is 13.2 Å². The molecule has 1 heterocycles. The van der Waals surface area contributed by atoms with Gasteiger partial charge in [-0.15, -0.1) is 10.2 Å². The number of hydrogen-bond acceptors (Lipinski definition) is 8. The lowest BCUT2D eigenvalue weighted by atomic mass is 10.0. The SMILES string of the molecule is CCOC(=O)CN(C(=O)Cn1nnc(-c2ccc(C)cc2)n1)[C@H](C(=O)NC1CCCC1)c1ccc(O)cc1. The number of aromatic hydroxyl groups is 1. The van der Waals surface area contributed by atoms with E-state index in [0.29, 0.717) is 11.4 Å². The summed E-state index contributed by atoms with van der Waals surface area (Å²) in [5.41, 5.74) is 2.28. The van der Waals surface area contributed by atoms with Crippen molar-refractivity contribution < 1.29 is 24.2 Å². The number of aromatic nitrogens is 4. The van der Waals surface area contributed by atoms with Crippen LogP contribution < -0.4 is 5.32 Å². The molecular weight excluding hydrogens is 488 g/mol. The van der Waals surface area contributed by atoms with E-state index in [1.807, 2.05) is 31.2 Å². The molecule has 3 aromatic rings. The summed E-state index contributed by atoms with van der Waals surface area (Å²) in [4.78, 5) is 42.0. The van der Waals surface area contributed by atoms with Crippen molar-refractivity contribution >= 4 is 17.8 Å². The number of carbonyl (C=O) groups is 3. The predicted molar refractivity (Wildman–Crippen MR) is 138 cm³/mol. The summed E-state index contributed by atoms with van der Waals surface area (Å²) in [6.07, 6.45) is 3.73. The highest BCUT2D eigenvalue weighted by atomic mass is 16.5. The topological polar surface area (TPSA) is 140 Å². The van der Waals surface area contributed by atoms with Gasteiger partial charge in [-0.2, -0.15) is 4.80 Å². The number of rotatable bonds is 10. The summed E-state index contributed by atoms with van der Waals surface area (Å²) in [6, 6.07) is 12.4. The summed E-state index contributed by atoms with van der Waals surface area (Å²) in [6.45, 7) is 2.97. The van der Waals surface area contributed by atoms with E-state index in [0.717, 1.165) is 41.6 Å². The van der Waals surface area contributed by atoms with Gasteiger partial charge in [-0.3, -0.25) is 14.4 Å². The third-order valence-corrected chi connectivity index (χ3v) is 6.43. The van der Waals surface area contributed by atoms with Gasteiger partial charge in [0.25, 0.3) is 0 Å². The largest absolute Gasteiger partial charge is 0.508 e. The molecule has 1 fully saturated rings. The van der Waals surface area contributed by atoms with Gasteiger partial charge in [0.05, 0.1) is 6.61 Å². The first-order chi connectivity index (χ1) is 18.3. The molecule has 0 saturated heterocycles. The number of phenols is 1. The van der Waals surface area contributed by atoms with Gasteiger partial charge in [0.2, 0.25) is 17.6 Å². The molecule has 1 aromatic heterocycles. The van der Waals surface area contributed by atoms with Gasteiger partial charge in [-0.25, -0.2) is 0 Å². The second-order valence-corrected chi connectivity index (χ2v) is 9.32. The van der Waals surface area contributed by atoms with E-state index in [2.05, 4.69) is 20.7 Å². The molecule has 11 heteroatoms. The number of aryl methyl sites for hydroxylation is 1. The van der Waals surface area contributed by atoms with Crippen LogP contribution in [0.3, 0.4) is 0 Å². The van der Waals surface area contributed by atoms with E-state index in [9.17, 15) is 19.5 Å². The molecule has 2 aromatic carbocycles. The number of amides is 2. The molecule has 0 spiro atoms. The maximum absolute atomic E-state index is 13.6. The molecule has 11 nitrogen and oxygen atoms in total. The molecule has 200 valence electrons. The lowest BCUT2D eigenvalue weighted by Crippen LogP contribution is -2.49. The number of nitrogens with one attached hydrogen (secondary N) is 1. The van der Waals surface area contributed by atoms with E-state index in [-0.39, 0.29) is 24.9 Å². The lowest BCUT2D eigenvalue weighted by Gasteiger charge is -2.31. The van der Waals surface area contributed by atoms with Crippen LogP contribution in [0, 0.1) is 6.92 Å². The fraction of sp³-hybridized carbons (Fsp3) is 0.407. The van der Waals surface area contributed by atoms with Gasteiger partial charge in [-0.1, -0.05) is 54.8 Å². The van der Waals surface area contributed by atoms with Gasteiger partial charge in [0.15, 0.2) is 0 Å². The van der Waals surface area contributed by atoms with Crippen LogP contribution in [0.5, 0.6) is 5.75 Å². The van der Waals surface area contributed by atoms with Crippen molar-refractivity contribution in [2.45, 2.75) is 58.2 Å². The average Bonchev–Trinajstić information content (AvgIpc) is 3.58. The molecule has 4 rings (SSSR count). The molecule has 1 atom stereocenters. The van der Waals surface area contributed by atoms with Crippen LogP contribution in [-0.2, 0) is 25.7 Å². The van der Waals surface area contributed by atoms with Crippen molar-refractivity contribution in [2.24, 2.45) is 0 Å². The molecule has 0 bridgehead atoms. The molecule has 2 N–H and O–H groups in total. The Hall–Kier alpha value is -4.28. The molecule has 0 radical (unpaired) electrons. The van der Waals surface area contributed by atoms with Crippen LogP contribution in [0.25, 0.3) is 11.4 Å². The monoisotopic (exact) mass is 520 g/mol. The van der Waals surface area contributed by atoms with E-state index >= 15 is 0 Å². The molecular formula is C27H32N6O5. The number of ether oxygens (including phenoxy) is 1. The Kier molecular flexibility index (Phi) is 8.67. The highest BCUT2D eigenvalue weighted by Crippen LogP contribution is 2.26. The third-order valence-electron chi connectivity index (χ3n) is 6.43. The maximum atomic E-state index is 13.6. The third kappa shape index (κ3) is 6.72. The quantitative estimate of drug-likeness (QED) is 0.389. The summed E-state index contributed by atoms with van der Waals surface area (Å²) in [5.74, 6) is -1.26. The average molecular weight is 521 g/mol. The van der Waals surface area contributed by atoms with Crippen molar-refractivity contribution in [3.63, 3.8) is 0 Å². The zero-order valence-corrected chi connectivity index (χ0v) is 21.5. The smallest absolute Gasteiger partial charge is 0.325 e. The number of nitrogens with zero attached hydrogens (tertiary/aromatic N) is 5. The predicted octanol–water partition coefficient (Wildman–Crippen LogP) is 2.55. The van der Waals surface area contributed by atoms with Crippen LogP contribution in [0.15, 0.2) is 48.5 Å². The highest BCUT2D eigenvalue weighted by Gasteiger charge is 2.35. The molecule has 0 unspecified atom stereocenters. The van der Waals surface area contributed by atoms with Crippen LogP contribution in [0.1, 0.15) is 49.8 Å². The zero-order chi connectivity index (χ0) is 27.1. The Morgan fingerprint density at radius 1 is 1.11 bits per heavy atom. The summed E-state index contributed by atoms with van der Waals surface area (Å²) in [5, 5.41) is 25.2. The Bertz CT molecular complexity index is 1250. The summed E-state index contributed by atoms with van der Waals surface area (Å²) in [7, 11) is 0.